The van der Waals surface area contributed by atoms with E-state index in [2.05, 4.69) is 18.4 Å². The third-order valence-electron chi connectivity index (χ3n) is 3.17. The number of rotatable bonds is 11. The monoisotopic (exact) mass is 303 g/mol. The van der Waals surface area contributed by atoms with Crippen LogP contribution < -0.4 is 0 Å². The Bertz CT molecular complexity index is 329. The Balaban J connectivity index is 4.33. The van der Waals surface area contributed by atoms with Crippen molar-refractivity contribution >= 4 is 0 Å². The second-order valence-corrected chi connectivity index (χ2v) is 5.17. The lowest BCUT2D eigenvalue weighted by Gasteiger charge is -2.21. The van der Waals surface area contributed by atoms with Crippen LogP contribution in [0.4, 0.5) is 13.2 Å². The van der Waals surface area contributed by atoms with Gasteiger partial charge in [0.25, 0.3) is 0 Å². The van der Waals surface area contributed by atoms with Crippen molar-refractivity contribution in [2.24, 2.45) is 0 Å². The molecular formula is C17H28F3N. The first-order valence-corrected chi connectivity index (χ1v) is 7.64. The highest BCUT2D eigenvalue weighted by Gasteiger charge is 2.24. The van der Waals surface area contributed by atoms with Crippen LogP contribution in [-0.2, 0) is 0 Å². The van der Waals surface area contributed by atoms with Crippen LogP contribution in [0.5, 0.6) is 0 Å². The first kappa shape index (κ1) is 20.0. The fourth-order valence-electron chi connectivity index (χ4n) is 2.02. The van der Waals surface area contributed by atoms with Gasteiger partial charge >= 0.3 is 6.18 Å². The van der Waals surface area contributed by atoms with Gasteiger partial charge in [-0.15, -0.1) is 6.58 Å². The summed E-state index contributed by atoms with van der Waals surface area (Å²) in [6.45, 7) is 10.2. The van der Waals surface area contributed by atoms with Gasteiger partial charge in [-0.25, -0.2) is 0 Å². The van der Waals surface area contributed by atoms with E-state index in [1.165, 1.54) is 25.3 Å². The van der Waals surface area contributed by atoms with Gasteiger partial charge in [0.1, 0.15) is 0 Å². The Labute approximate surface area is 127 Å². The molecule has 0 fully saturated rings. The summed E-state index contributed by atoms with van der Waals surface area (Å²) < 4.78 is 36.4. The first-order valence-electron chi connectivity index (χ1n) is 7.64. The second kappa shape index (κ2) is 11.6. The third kappa shape index (κ3) is 12.4. The number of unbranched alkanes of at least 4 members (excludes halogenated alkanes) is 3. The molecule has 0 atom stereocenters. The van der Waals surface area contributed by atoms with E-state index in [9.17, 15) is 13.2 Å². The minimum Gasteiger partial charge on any atom is -0.295 e. The van der Waals surface area contributed by atoms with Crippen LogP contribution in [-0.4, -0.2) is 30.7 Å². The average molecular weight is 303 g/mol. The zero-order valence-electron chi connectivity index (χ0n) is 13.3. The molecule has 0 spiro atoms. The van der Waals surface area contributed by atoms with Gasteiger partial charge in [-0.1, -0.05) is 50.5 Å². The van der Waals surface area contributed by atoms with Gasteiger partial charge in [-0.05, 0) is 25.5 Å². The predicted octanol–water partition coefficient (Wildman–Crippen LogP) is 5.51. The first-order chi connectivity index (χ1) is 9.92. The lowest BCUT2D eigenvalue weighted by molar-refractivity contribution is -0.125. The van der Waals surface area contributed by atoms with Crippen LogP contribution in [0.25, 0.3) is 0 Å². The Morgan fingerprint density at radius 2 is 1.90 bits per heavy atom. The molecule has 0 heterocycles. The number of hydrogen-bond donors (Lipinski definition) is 0. The van der Waals surface area contributed by atoms with Gasteiger partial charge in [0.15, 0.2) is 0 Å². The molecule has 0 aliphatic rings. The molecule has 0 bridgehead atoms. The summed E-state index contributed by atoms with van der Waals surface area (Å²) in [5, 5.41) is 0. The summed E-state index contributed by atoms with van der Waals surface area (Å²) in [6, 6.07) is 0. The van der Waals surface area contributed by atoms with E-state index in [1.54, 1.807) is 6.08 Å². The molecule has 0 unspecified atom stereocenters. The minimum atomic E-state index is -4.13. The second-order valence-electron chi connectivity index (χ2n) is 5.17. The summed E-state index contributed by atoms with van der Waals surface area (Å²) in [7, 11) is 0. The lowest BCUT2D eigenvalue weighted by atomic mass is 10.1. The van der Waals surface area contributed by atoms with Crippen molar-refractivity contribution in [3.8, 4) is 0 Å². The molecule has 4 heteroatoms. The standard InChI is InChI=1S/C17H28F3N/c1-4-7-8-9-14-21(13-5-2)15-16(6-3)11-10-12-17(18,19)20/h5-6,10-11H,2,4,7-9,12-15H2,1,3H3/b11-10-,16-6+. The summed E-state index contributed by atoms with van der Waals surface area (Å²) in [4.78, 5) is 2.22. The van der Waals surface area contributed by atoms with Crippen molar-refractivity contribution in [1.82, 2.24) is 4.90 Å². The summed E-state index contributed by atoms with van der Waals surface area (Å²) >= 11 is 0. The molecule has 122 valence electrons. The SMILES string of the molecule is C=CCN(CCCCCC)CC(/C=C\CC(F)(F)F)=C/C. The van der Waals surface area contributed by atoms with Gasteiger partial charge in [0, 0.05) is 13.1 Å². The highest BCUT2D eigenvalue weighted by atomic mass is 19.4. The van der Waals surface area contributed by atoms with Gasteiger partial charge < -0.3 is 0 Å². The zero-order chi connectivity index (χ0) is 16.1. The Morgan fingerprint density at radius 3 is 2.43 bits per heavy atom. The largest absolute Gasteiger partial charge is 0.392 e. The topological polar surface area (TPSA) is 3.24 Å². The molecule has 0 rings (SSSR count). The van der Waals surface area contributed by atoms with Crippen LogP contribution in [0, 0.1) is 0 Å². The van der Waals surface area contributed by atoms with Crippen LogP contribution in [0.15, 0.2) is 36.5 Å². The van der Waals surface area contributed by atoms with Gasteiger partial charge in [0.05, 0.1) is 6.42 Å². The quantitative estimate of drug-likeness (QED) is 0.276. The lowest BCUT2D eigenvalue weighted by Crippen LogP contribution is -2.27. The third-order valence-corrected chi connectivity index (χ3v) is 3.17. The van der Waals surface area contributed by atoms with E-state index in [0.29, 0.717) is 6.54 Å². The van der Waals surface area contributed by atoms with Gasteiger partial charge in [0.2, 0.25) is 0 Å². The Kier molecular flexibility index (Phi) is 11.0. The summed E-state index contributed by atoms with van der Waals surface area (Å²) in [5.74, 6) is 0. The summed E-state index contributed by atoms with van der Waals surface area (Å²) in [5.41, 5.74) is 0.914. The molecule has 0 aromatic rings. The van der Waals surface area contributed by atoms with Crippen molar-refractivity contribution in [3.05, 3.63) is 36.5 Å². The van der Waals surface area contributed by atoms with Crippen LogP contribution in [0.3, 0.4) is 0 Å². The van der Waals surface area contributed by atoms with Crippen molar-refractivity contribution in [3.63, 3.8) is 0 Å². The fourth-order valence-corrected chi connectivity index (χ4v) is 2.02. The van der Waals surface area contributed by atoms with Crippen molar-refractivity contribution in [2.45, 2.75) is 52.1 Å². The predicted molar refractivity (Wildman–Crippen MR) is 84.3 cm³/mol. The number of nitrogens with zero attached hydrogens (tertiary/aromatic N) is 1. The van der Waals surface area contributed by atoms with E-state index in [0.717, 1.165) is 25.1 Å². The summed E-state index contributed by atoms with van der Waals surface area (Å²) in [6.07, 6.45) is 6.21. The average Bonchev–Trinajstić information content (AvgIpc) is 2.41. The molecule has 1 nitrogen and oxygen atoms in total. The van der Waals surface area contributed by atoms with E-state index >= 15 is 0 Å². The number of halogens is 3. The molecule has 0 radical (unpaired) electrons. The smallest absolute Gasteiger partial charge is 0.295 e. The molecule has 0 amide bonds. The number of hydrogen-bond acceptors (Lipinski definition) is 1. The molecule has 0 N–H and O–H groups in total. The Morgan fingerprint density at radius 1 is 1.19 bits per heavy atom. The van der Waals surface area contributed by atoms with Crippen LogP contribution in [0.2, 0.25) is 0 Å². The molecule has 0 aromatic heterocycles. The normalized spacial score (nSPS) is 13.3. The van der Waals surface area contributed by atoms with E-state index in [1.807, 2.05) is 19.1 Å². The number of alkyl halides is 3. The molecule has 0 saturated carbocycles. The molecule has 21 heavy (non-hydrogen) atoms. The van der Waals surface area contributed by atoms with Gasteiger partial charge in [-0.2, -0.15) is 13.2 Å². The van der Waals surface area contributed by atoms with Crippen molar-refractivity contribution in [1.29, 1.82) is 0 Å². The van der Waals surface area contributed by atoms with Crippen LogP contribution >= 0.6 is 0 Å². The molecular weight excluding hydrogens is 275 g/mol. The maximum atomic E-state index is 12.1. The fraction of sp³-hybridized carbons (Fsp3) is 0.647. The van der Waals surface area contributed by atoms with Gasteiger partial charge in [-0.3, -0.25) is 4.90 Å². The maximum Gasteiger partial charge on any atom is 0.392 e. The van der Waals surface area contributed by atoms with Crippen molar-refractivity contribution < 1.29 is 13.2 Å². The van der Waals surface area contributed by atoms with E-state index in [4.69, 9.17) is 0 Å². The Hall–Kier alpha value is -1.03. The molecule has 0 aliphatic heterocycles. The number of allylic oxidation sites excluding steroid dienone is 2. The maximum absolute atomic E-state index is 12.1. The highest BCUT2D eigenvalue weighted by molar-refractivity contribution is 5.20. The van der Waals surface area contributed by atoms with E-state index in [-0.39, 0.29) is 0 Å². The van der Waals surface area contributed by atoms with Crippen molar-refractivity contribution in [2.75, 3.05) is 19.6 Å². The molecule has 0 aromatic carbocycles. The molecule has 0 saturated heterocycles. The minimum absolute atomic E-state index is 0.670. The van der Waals surface area contributed by atoms with Crippen LogP contribution in [0.1, 0.15) is 46.0 Å². The highest BCUT2D eigenvalue weighted by Crippen LogP contribution is 2.20. The zero-order valence-corrected chi connectivity index (χ0v) is 13.3. The van der Waals surface area contributed by atoms with E-state index < -0.39 is 12.6 Å². The molecule has 0 aliphatic carbocycles.